The van der Waals surface area contributed by atoms with E-state index in [1.54, 1.807) is 36.4 Å². The molecule has 2 aromatic carbocycles. The lowest BCUT2D eigenvalue weighted by Crippen LogP contribution is -2.41. The maximum atomic E-state index is 12.3. The number of benzene rings is 2. The van der Waals surface area contributed by atoms with Gasteiger partial charge >= 0.3 is 0 Å². The van der Waals surface area contributed by atoms with Gasteiger partial charge in [0.2, 0.25) is 0 Å². The Kier molecular flexibility index (Phi) is 6.71. The first-order valence-electron chi connectivity index (χ1n) is 8.47. The highest BCUT2D eigenvalue weighted by molar-refractivity contribution is 6.04. The maximum absolute atomic E-state index is 12.3. The molecule has 1 atom stereocenters. The Morgan fingerprint density at radius 2 is 1.52 bits per heavy atom. The van der Waals surface area contributed by atoms with Crippen LogP contribution < -0.4 is 16.4 Å². The molecule has 2 rings (SSSR count). The van der Waals surface area contributed by atoms with Crippen LogP contribution in [0.4, 0.5) is 5.69 Å². The summed E-state index contributed by atoms with van der Waals surface area (Å²) in [5, 5.41) is 5.76. The Labute approximate surface area is 148 Å². The predicted molar refractivity (Wildman–Crippen MR) is 101 cm³/mol. The van der Waals surface area contributed by atoms with E-state index < -0.39 is 0 Å². The number of nitrogens with two attached hydrogens (primary N) is 1. The highest BCUT2D eigenvalue weighted by atomic mass is 16.2. The van der Waals surface area contributed by atoms with Gasteiger partial charge in [-0.1, -0.05) is 32.0 Å². The highest BCUT2D eigenvalue weighted by Crippen LogP contribution is 2.12. The number of hydrogen-bond donors (Lipinski definition) is 3. The molecule has 25 heavy (non-hydrogen) atoms. The molecule has 2 amide bonds. The predicted octanol–water partition coefficient (Wildman–Crippen LogP) is 3.04. The lowest BCUT2D eigenvalue weighted by atomic mass is 10.0. The van der Waals surface area contributed by atoms with Crippen LogP contribution in [0.1, 0.15) is 41.0 Å². The number of nitrogens with one attached hydrogen (secondary N) is 2. The number of carbonyl (C=O) groups excluding carboxylic acids is 2. The molecule has 5 heteroatoms. The van der Waals surface area contributed by atoms with E-state index in [4.69, 9.17) is 5.73 Å². The van der Waals surface area contributed by atoms with Crippen molar-refractivity contribution in [3.63, 3.8) is 0 Å². The molecule has 0 spiro atoms. The van der Waals surface area contributed by atoms with Crippen LogP contribution in [0.2, 0.25) is 0 Å². The van der Waals surface area contributed by atoms with E-state index in [1.807, 2.05) is 18.2 Å². The summed E-state index contributed by atoms with van der Waals surface area (Å²) in [5.41, 5.74) is 7.49. The minimum Gasteiger partial charge on any atom is -0.348 e. The van der Waals surface area contributed by atoms with Gasteiger partial charge < -0.3 is 16.4 Å². The fraction of sp³-hybridized carbons (Fsp3) is 0.300. The smallest absolute Gasteiger partial charge is 0.255 e. The van der Waals surface area contributed by atoms with E-state index >= 15 is 0 Å². The van der Waals surface area contributed by atoms with Crippen LogP contribution in [0.5, 0.6) is 0 Å². The Hall–Kier alpha value is -2.66. The van der Waals surface area contributed by atoms with Gasteiger partial charge in [0.1, 0.15) is 0 Å². The molecule has 5 nitrogen and oxygen atoms in total. The standard InChI is InChI=1S/C20H25N3O2/c1-14(2)12-18(13-21)23-20(25)16-8-10-17(11-9-16)22-19(24)15-6-4-3-5-7-15/h3-11,14,18H,12-13,21H2,1-2H3,(H,22,24)(H,23,25). The van der Waals surface area contributed by atoms with Gasteiger partial charge in [0.15, 0.2) is 0 Å². The molecule has 0 aliphatic heterocycles. The molecule has 0 saturated carbocycles. The summed E-state index contributed by atoms with van der Waals surface area (Å²) in [7, 11) is 0. The normalized spacial score (nSPS) is 11.8. The number of hydrogen-bond acceptors (Lipinski definition) is 3. The third-order valence-electron chi connectivity index (χ3n) is 3.82. The van der Waals surface area contributed by atoms with Crippen molar-refractivity contribution >= 4 is 17.5 Å². The van der Waals surface area contributed by atoms with E-state index in [2.05, 4.69) is 24.5 Å². The summed E-state index contributed by atoms with van der Waals surface area (Å²) in [6.07, 6.45) is 0.841. The number of rotatable bonds is 7. The van der Waals surface area contributed by atoms with Crippen LogP contribution in [0.3, 0.4) is 0 Å². The second kappa shape index (κ2) is 8.99. The molecule has 0 aromatic heterocycles. The average molecular weight is 339 g/mol. The van der Waals surface area contributed by atoms with Crippen molar-refractivity contribution in [2.24, 2.45) is 11.7 Å². The molecule has 0 fully saturated rings. The van der Waals surface area contributed by atoms with Crippen molar-refractivity contribution in [2.75, 3.05) is 11.9 Å². The average Bonchev–Trinajstić information content (AvgIpc) is 2.62. The lowest BCUT2D eigenvalue weighted by Gasteiger charge is -2.18. The van der Waals surface area contributed by atoms with Gasteiger partial charge in [0.25, 0.3) is 11.8 Å². The van der Waals surface area contributed by atoms with Crippen LogP contribution in [0.25, 0.3) is 0 Å². The zero-order chi connectivity index (χ0) is 18.2. The molecule has 2 aromatic rings. The first-order valence-corrected chi connectivity index (χ1v) is 8.47. The van der Waals surface area contributed by atoms with Crippen molar-refractivity contribution in [1.82, 2.24) is 5.32 Å². The van der Waals surface area contributed by atoms with Gasteiger partial charge in [-0.15, -0.1) is 0 Å². The fourth-order valence-electron chi connectivity index (χ4n) is 2.55. The third-order valence-corrected chi connectivity index (χ3v) is 3.82. The fourth-order valence-corrected chi connectivity index (χ4v) is 2.55. The monoisotopic (exact) mass is 339 g/mol. The van der Waals surface area contributed by atoms with Gasteiger partial charge in [0.05, 0.1) is 0 Å². The Morgan fingerprint density at radius 3 is 2.08 bits per heavy atom. The van der Waals surface area contributed by atoms with Crippen LogP contribution in [-0.4, -0.2) is 24.4 Å². The Bertz CT molecular complexity index is 697. The number of carbonyl (C=O) groups is 2. The molecule has 1 unspecified atom stereocenters. The van der Waals surface area contributed by atoms with Crippen LogP contribution in [-0.2, 0) is 0 Å². The van der Waals surface area contributed by atoms with Crippen LogP contribution >= 0.6 is 0 Å². The second-order valence-electron chi connectivity index (χ2n) is 6.43. The molecule has 0 aliphatic rings. The minimum absolute atomic E-state index is 0.0371. The quantitative estimate of drug-likeness (QED) is 0.725. The Morgan fingerprint density at radius 1 is 0.920 bits per heavy atom. The van der Waals surface area contributed by atoms with Crippen molar-refractivity contribution in [3.8, 4) is 0 Å². The van der Waals surface area contributed by atoms with Crippen molar-refractivity contribution in [2.45, 2.75) is 26.3 Å². The summed E-state index contributed by atoms with van der Waals surface area (Å²) >= 11 is 0. The SMILES string of the molecule is CC(C)CC(CN)NC(=O)c1ccc(NC(=O)c2ccccc2)cc1. The van der Waals surface area contributed by atoms with E-state index in [0.29, 0.717) is 29.3 Å². The van der Waals surface area contributed by atoms with Crippen LogP contribution in [0, 0.1) is 5.92 Å². The molecular weight excluding hydrogens is 314 g/mol. The molecule has 4 N–H and O–H groups in total. The summed E-state index contributed by atoms with van der Waals surface area (Å²) in [5.74, 6) is 0.124. The van der Waals surface area contributed by atoms with E-state index in [0.717, 1.165) is 6.42 Å². The summed E-state index contributed by atoms with van der Waals surface area (Å²) in [6.45, 7) is 4.60. The summed E-state index contributed by atoms with van der Waals surface area (Å²) in [4.78, 5) is 24.4. The maximum Gasteiger partial charge on any atom is 0.255 e. The van der Waals surface area contributed by atoms with E-state index in [9.17, 15) is 9.59 Å². The van der Waals surface area contributed by atoms with Gasteiger partial charge in [-0.3, -0.25) is 9.59 Å². The van der Waals surface area contributed by atoms with Gasteiger partial charge in [-0.05, 0) is 48.7 Å². The second-order valence-corrected chi connectivity index (χ2v) is 6.43. The van der Waals surface area contributed by atoms with E-state index in [1.165, 1.54) is 0 Å². The van der Waals surface area contributed by atoms with Crippen molar-refractivity contribution < 1.29 is 9.59 Å². The molecule has 0 saturated heterocycles. The zero-order valence-corrected chi connectivity index (χ0v) is 14.7. The van der Waals surface area contributed by atoms with Gasteiger partial charge in [-0.2, -0.15) is 0 Å². The highest BCUT2D eigenvalue weighted by Gasteiger charge is 2.14. The summed E-state index contributed by atoms with van der Waals surface area (Å²) < 4.78 is 0. The molecule has 0 aliphatic carbocycles. The largest absolute Gasteiger partial charge is 0.348 e. The van der Waals surface area contributed by atoms with Crippen molar-refractivity contribution in [3.05, 3.63) is 65.7 Å². The van der Waals surface area contributed by atoms with Gasteiger partial charge in [-0.25, -0.2) is 0 Å². The molecule has 0 bridgehead atoms. The number of amides is 2. The number of anilines is 1. The topological polar surface area (TPSA) is 84.2 Å². The molecular formula is C20H25N3O2. The Balaban J connectivity index is 1.97. The molecule has 0 radical (unpaired) electrons. The lowest BCUT2D eigenvalue weighted by molar-refractivity contribution is 0.0933. The van der Waals surface area contributed by atoms with Crippen molar-refractivity contribution in [1.29, 1.82) is 0 Å². The van der Waals surface area contributed by atoms with E-state index in [-0.39, 0.29) is 17.9 Å². The van der Waals surface area contributed by atoms with Crippen LogP contribution in [0.15, 0.2) is 54.6 Å². The minimum atomic E-state index is -0.182. The van der Waals surface area contributed by atoms with Gasteiger partial charge in [0, 0.05) is 29.4 Å². The first kappa shape index (κ1) is 18.7. The third kappa shape index (κ3) is 5.72. The molecule has 132 valence electrons. The summed E-state index contributed by atoms with van der Waals surface area (Å²) in [6, 6.07) is 15.8. The molecule has 0 heterocycles. The zero-order valence-electron chi connectivity index (χ0n) is 14.7. The first-order chi connectivity index (χ1) is 12.0.